The number of amides is 1. The number of phenolic OH excluding ortho intramolecular Hbond substituents is 1. The zero-order chi connectivity index (χ0) is 20.0. The van der Waals surface area contributed by atoms with Crippen LogP contribution in [0.25, 0.3) is 0 Å². The van der Waals surface area contributed by atoms with E-state index >= 15 is 0 Å². The third-order valence-electron chi connectivity index (χ3n) is 3.43. The highest BCUT2D eigenvalue weighted by Gasteiger charge is 2.24. The van der Waals surface area contributed by atoms with Crippen LogP contribution in [0.15, 0.2) is 47.6 Å². The Bertz CT molecular complexity index is 963. The van der Waals surface area contributed by atoms with Crippen LogP contribution in [0.2, 0.25) is 5.02 Å². The van der Waals surface area contributed by atoms with Crippen molar-refractivity contribution in [3.63, 3.8) is 0 Å². The van der Waals surface area contributed by atoms with Crippen molar-refractivity contribution in [3.05, 3.63) is 53.1 Å². The van der Waals surface area contributed by atoms with Crippen molar-refractivity contribution >= 4 is 39.4 Å². The summed E-state index contributed by atoms with van der Waals surface area (Å²) < 4.78 is 30.3. The number of aromatic hydroxyl groups is 1. The average Bonchev–Trinajstić information content (AvgIpc) is 2.60. The summed E-state index contributed by atoms with van der Waals surface area (Å²) in [6, 6.07) is 10.9. The molecule has 0 atom stereocenters. The fourth-order valence-electron chi connectivity index (χ4n) is 2.18. The van der Waals surface area contributed by atoms with E-state index in [2.05, 4.69) is 10.5 Å². The maximum atomic E-state index is 12.2. The van der Waals surface area contributed by atoms with E-state index in [-0.39, 0.29) is 22.2 Å². The lowest BCUT2D eigenvalue weighted by Crippen LogP contribution is -2.39. The lowest BCUT2D eigenvalue weighted by atomic mass is 10.2. The SMILES string of the molecule is COc1ccc(Cl)cc1N(CC(=O)N/N=C\c1ccccc1O)S(C)(=O)=O. The second-order valence-corrected chi connectivity index (χ2v) is 7.78. The monoisotopic (exact) mass is 411 g/mol. The van der Waals surface area contributed by atoms with Crippen molar-refractivity contribution in [1.82, 2.24) is 5.43 Å². The first kappa shape index (κ1) is 20.5. The Labute approximate surface area is 162 Å². The van der Waals surface area contributed by atoms with Crippen LogP contribution >= 0.6 is 11.6 Å². The van der Waals surface area contributed by atoms with Gasteiger partial charge >= 0.3 is 0 Å². The Hall–Kier alpha value is -2.78. The van der Waals surface area contributed by atoms with Crippen LogP contribution in [-0.2, 0) is 14.8 Å². The molecule has 144 valence electrons. The van der Waals surface area contributed by atoms with Crippen LogP contribution in [0.3, 0.4) is 0 Å². The van der Waals surface area contributed by atoms with Crippen LogP contribution in [0.4, 0.5) is 5.69 Å². The third-order valence-corrected chi connectivity index (χ3v) is 4.79. The number of nitrogens with zero attached hydrogens (tertiary/aromatic N) is 2. The number of carbonyl (C=O) groups excluding carboxylic acids is 1. The van der Waals surface area contributed by atoms with Gasteiger partial charge in [-0.1, -0.05) is 23.7 Å². The van der Waals surface area contributed by atoms with Gasteiger partial charge in [0.1, 0.15) is 18.0 Å². The number of hydrogen-bond donors (Lipinski definition) is 2. The number of ether oxygens (including phenoxy) is 1. The summed E-state index contributed by atoms with van der Waals surface area (Å²) in [7, 11) is -2.43. The van der Waals surface area contributed by atoms with E-state index in [1.165, 1.54) is 31.5 Å². The summed E-state index contributed by atoms with van der Waals surface area (Å²) in [4.78, 5) is 12.2. The summed E-state index contributed by atoms with van der Waals surface area (Å²) >= 11 is 5.95. The summed E-state index contributed by atoms with van der Waals surface area (Å²) in [5, 5.41) is 13.7. The number of carbonyl (C=O) groups is 1. The molecule has 2 aromatic rings. The zero-order valence-corrected chi connectivity index (χ0v) is 16.2. The van der Waals surface area contributed by atoms with Gasteiger partial charge < -0.3 is 9.84 Å². The first-order valence-electron chi connectivity index (χ1n) is 7.63. The average molecular weight is 412 g/mol. The molecular formula is C17H18ClN3O5S. The van der Waals surface area contributed by atoms with Gasteiger partial charge in [-0.3, -0.25) is 9.10 Å². The number of nitrogens with one attached hydrogen (secondary N) is 1. The Balaban J connectivity index is 2.19. The number of rotatable bonds is 7. The maximum absolute atomic E-state index is 12.2. The lowest BCUT2D eigenvalue weighted by Gasteiger charge is -2.23. The maximum Gasteiger partial charge on any atom is 0.260 e. The fraction of sp³-hybridized carbons (Fsp3) is 0.176. The summed E-state index contributed by atoms with van der Waals surface area (Å²) in [6.45, 7) is -0.534. The molecule has 0 unspecified atom stereocenters. The van der Waals surface area contributed by atoms with Crippen LogP contribution in [0.5, 0.6) is 11.5 Å². The van der Waals surface area contributed by atoms with Gasteiger partial charge in [-0.15, -0.1) is 0 Å². The molecule has 8 nitrogen and oxygen atoms in total. The highest BCUT2D eigenvalue weighted by molar-refractivity contribution is 7.92. The molecule has 0 heterocycles. The van der Waals surface area contributed by atoms with Crippen molar-refractivity contribution in [2.75, 3.05) is 24.2 Å². The number of benzene rings is 2. The zero-order valence-electron chi connectivity index (χ0n) is 14.6. The van der Waals surface area contributed by atoms with Crippen molar-refractivity contribution in [1.29, 1.82) is 0 Å². The Kier molecular flexibility index (Phi) is 6.65. The van der Waals surface area contributed by atoms with E-state index in [1.807, 2.05) is 0 Å². The molecule has 0 spiro atoms. The van der Waals surface area contributed by atoms with E-state index in [9.17, 15) is 18.3 Å². The molecule has 2 rings (SSSR count). The van der Waals surface area contributed by atoms with Gasteiger partial charge in [0.05, 0.1) is 25.3 Å². The molecule has 0 fully saturated rings. The number of hydrazone groups is 1. The second-order valence-electron chi connectivity index (χ2n) is 5.44. The first-order chi connectivity index (χ1) is 12.7. The number of sulfonamides is 1. The molecule has 2 aromatic carbocycles. The highest BCUT2D eigenvalue weighted by Crippen LogP contribution is 2.32. The topological polar surface area (TPSA) is 108 Å². The van der Waals surface area contributed by atoms with Gasteiger partial charge in [0.2, 0.25) is 10.0 Å². The predicted molar refractivity (Wildman–Crippen MR) is 104 cm³/mol. The number of anilines is 1. The normalized spacial score (nSPS) is 11.4. The molecule has 0 saturated carbocycles. The lowest BCUT2D eigenvalue weighted by molar-refractivity contribution is -0.119. The van der Waals surface area contributed by atoms with Crippen LogP contribution in [0.1, 0.15) is 5.56 Å². The molecule has 2 N–H and O–H groups in total. The molecule has 0 bridgehead atoms. The van der Waals surface area contributed by atoms with Crippen molar-refractivity contribution in [2.45, 2.75) is 0 Å². The first-order valence-corrected chi connectivity index (χ1v) is 9.86. The standard InChI is InChI=1S/C17H18ClN3O5S/c1-26-16-8-7-13(18)9-14(16)21(27(2,24)25)11-17(23)20-19-10-12-5-3-4-6-15(12)22/h3-10,22H,11H2,1-2H3,(H,20,23)/b19-10-. The minimum absolute atomic E-state index is 0.00285. The van der Waals surface area contributed by atoms with E-state index in [1.54, 1.807) is 24.3 Å². The summed E-state index contributed by atoms with van der Waals surface area (Å²) in [5.74, 6) is -0.443. The molecule has 10 heteroatoms. The third kappa shape index (κ3) is 5.60. The van der Waals surface area contributed by atoms with E-state index in [0.717, 1.165) is 10.6 Å². The minimum atomic E-state index is -3.80. The summed E-state index contributed by atoms with van der Waals surface area (Å²) in [5.41, 5.74) is 2.75. The van der Waals surface area contributed by atoms with E-state index in [0.29, 0.717) is 5.56 Å². The molecular weight excluding hydrogens is 394 g/mol. The smallest absolute Gasteiger partial charge is 0.260 e. The van der Waals surface area contributed by atoms with Gasteiger partial charge in [0, 0.05) is 10.6 Å². The predicted octanol–water partition coefficient (Wildman–Crippen LogP) is 1.97. The molecule has 0 aromatic heterocycles. The number of methoxy groups -OCH3 is 1. The van der Waals surface area contributed by atoms with E-state index < -0.39 is 22.5 Å². The molecule has 1 amide bonds. The van der Waals surface area contributed by atoms with Gasteiger partial charge in [0.25, 0.3) is 5.91 Å². The van der Waals surface area contributed by atoms with Crippen LogP contribution in [-0.4, -0.2) is 45.6 Å². The van der Waals surface area contributed by atoms with Crippen molar-refractivity contribution in [3.8, 4) is 11.5 Å². The number of hydrogen-bond acceptors (Lipinski definition) is 6. The van der Waals surface area contributed by atoms with Gasteiger partial charge in [-0.25, -0.2) is 13.8 Å². The van der Waals surface area contributed by atoms with Gasteiger partial charge in [-0.05, 0) is 30.3 Å². The summed E-state index contributed by atoms with van der Waals surface area (Å²) in [6.07, 6.45) is 2.21. The second kappa shape index (κ2) is 8.74. The number of halogens is 1. The Morgan fingerprint density at radius 2 is 2.04 bits per heavy atom. The number of phenols is 1. The quantitative estimate of drug-likeness (QED) is 0.535. The van der Waals surface area contributed by atoms with Gasteiger partial charge in [0.15, 0.2) is 0 Å². The number of para-hydroxylation sites is 1. The minimum Gasteiger partial charge on any atom is -0.507 e. The largest absolute Gasteiger partial charge is 0.507 e. The molecule has 0 aliphatic rings. The molecule has 0 aliphatic carbocycles. The van der Waals surface area contributed by atoms with Crippen LogP contribution in [0, 0.1) is 0 Å². The van der Waals surface area contributed by atoms with Gasteiger partial charge in [-0.2, -0.15) is 5.10 Å². The van der Waals surface area contributed by atoms with E-state index in [4.69, 9.17) is 16.3 Å². The van der Waals surface area contributed by atoms with Crippen molar-refractivity contribution in [2.24, 2.45) is 5.10 Å². The highest BCUT2D eigenvalue weighted by atomic mass is 35.5. The molecule has 0 aliphatic heterocycles. The molecule has 0 radical (unpaired) electrons. The molecule has 27 heavy (non-hydrogen) atoms. The molecule has 0 saturated heterocycles. The Morgan fingerprint density at radius 3 is 2.67 bits per heavy atom. The van der Waals surface area contributed by atoms with Crippen molar-refractivity contribution < 1.29 is 23.1 Å². The van der Waals surface area contributed by atoms with Crippen LogP contribution < -0.4 is 14.5 Å². The Morgan fingerprint density at radius 1 is 1.33 bits per heavy atom. The fourth-order valence-corrected chi connectivity index (χ4v) is 3.19.